The van der Waals surface area contributed by atoms with E-state index in [-0.39, 0.29) is 0 Å². The molecule has 0 saturated carbocycles. The maximum atomic E-state index is 2.40. The third-order valence-electron chi connectivity index (χ3n) is 5.00. The second-order valence-corrected chi connectivity index (χ2v) is 7.13. The third-order valence-corrected chi connectivity index (χ3v) is 5.00. The molecule has 0 aliphatic heterocycles. The van der Waals surface area contributed by atoms with E-state index < -0.39 is 0 Å². The van der Waals surface area contributed by atoms with Gasteiger partial charge in [0.2, 0.25) is 0 Å². The molecule has 132 valence electrons. The molecule has 0 aromatic heterocycles. The minimum absolute atomic E-state index is 1.28. The van der Waals surface area contributed by atoms with E-state index in [4.69, 9.17) is 0 Å². The number of unbranched alkanes of at least 4 members (excludes halogenated alkanes) is 8. The molecule has 1 aromatic carbocycles. The molecule has 0 unspecified atom stereocenters. The molecule has 0 spiro atoms. The standard InChI is InChI=1S/C23H40/c1-4-7-10-11-12-13-14-17-22-19-15-18-21(16-8-5-2)23(22)20-9-6-3/h15,18-19H,4-14,16-17,20H2,1-3H3. The maximum absolute atomic E-state index is 2.40. The second-order valence-electron chi connectivity index (χ2n) is 7.13. The third kappa shape index (κ3) is 8.58. The Morgan fingerprint density at radius 3 is 1.61 bits per heavy atom. The molecule has 0 fully saturated rings. The molecule has 0 saturated heterocycles. The van der Waals surface area contributed by atoms with E-state index in [1.807, 2.05) is 0 Å². The van der Waals surface area contributed by atoms with Gasteiger partial charge in [-0.25, -0.2) is 0 Å². The summed E-state index contributed by atoms with van der Waals surface area (Å²) in [6, 6.07) is 7.09. The number of rotatable bonds is 14. The zero-order valence-electron chi connectivity index (χ0n) is 16.1. The number of hydrogen-bond acceptors (Lipinski definition) is 0. The van der Waals surface area contributed by atoms with Crippen molar-refractivity contribution in [3.8, 4) is 0 Å². The van der Waals surface area contributed by atoms with Crippen molar-refractivity contribution in [1.82, 2.24) is 0 Å². The summed E-state index contributed by atoms with van der Waals surface area (Å²) < 4.78 is 0. The topological polar surface area (TPSA) is 0 Å². The molecule has 0 amide bonds. The highest BCUT2D eigenvalue weighted by atomic mass is 14.1. The zero-order chi connectivity index (χ0) is 16.8. The van der Waals surface area contributed by atoms with Crippen LogP contribution in [0.4, 0.5) is 0 Å². The minimum Gasteiger partial charge on any atom is -0.0654 e. The van der Waals surface area contributed by atoms with Gasteiger partial charge in [-0.3, -0.25) is 0 Å². The Morgan fingerprint density at radius 1 is 0.522 bits per heavy atom. The summed E-state index contributed by atoms with van der Waals surface area (Å²) in [5.41, 5.74) is 5.00. The summed E-state index contributed by atoms with van der Waals surface area (Å²) in [4.78, 5) is 0. The summed E-state index contributed by atoms with van der Waals surface area (Å²) in [7, 11) is 0. The molecule has 0 aliphatic carbocycles. The Kier molecular flexibility index (Phi) is 12.0. The van der Waals surface area contributed by atoms with Gasteiger partial charge in [0.25, 0.3) is 0 Å². The van der Waals surface area contributed by atoms with Crippen LogP contribution < -0.4 is 0 Å². The van der Waals surface area contributed by atoms with Crippen LogP contribution >= 0.6 is 0 Å². The molecular weight excluding hydrogens is 276 g/mol. The lowest BCUT2D eigenvalue weighted by molar-refractivity contribution is 0.588. The van der Waals surface area contributed by atoms with Crippen LogP contribution in [0.3, 0.4) is 0 Å². The van der Waals surface area contributed by atoms with E-state index in [0.29, 0.717) is 0 Å². The Morgan fingerprint density at radius 2 is 1.00 bits per heavy atom. The predicted octanol–water partition coefficient (Wildman–Crippen LogP) is 7.66. The van der Waals surface area contributed by atoms with Crippen LogP contribution in [0.25, 0.3) is 0 Å². The predicted molar refractivity (Wildman–Crippen MR) is 105 cm³/mol. The van der Waals surface area contributed by atoms with Gasteiger partial charge in [-0.2, -0.15) is 0 Å². The van der Waals surface area contributed by atoms with Crippen LogP contribution in [-0.2, 0) is 19.3 Å². The molecule has 1 aromatic rings. The van der Waals surface area contributed by atoms with E-state index in [1.54, 1.807) is 16.7 Å². The van der Waals surface area contributed by atoms with Crippen LogP contribution in [0.1, 0.15) is 108 Å². The van der Waals surface area contributed by atoms with E-state index in [2.05, 4.69) is 39.0 Å². The first-order valence-corrected chi connectivity index (χ1v) is 10.4. The highest BCUT2D eigenvalue weighted by Crippen LogP contribution is 2.22. The normalized spacial score (nSPS) is 11.1. The first-order chi connectivity index (χ1) is 11.3. The fourth-order valence-electron chi connectivity index (χ4n) is 3.47. The van der Waals surface area contributed by atoms with Crippen molar-refractivity contribution in [2.45, 2.75) is 111 Å². The van der Waals surface area contributed by atoms with Gasteiger partial charge in [0, 0.05) is 0 Å². The first-order valence-electron chi connectivity index (χ1n) is 10.4. The fourth-order valence-corrected chi connectivity index (χ4v) is 3.47. The molecular formula is C23H40. The Balaban J connectivity index is 2.51. The summed E-state index contributed by atoms with van der Waals surface area (Å²) >= 11 is 0. The van der Waals surface area contributed by atoms with Crippen LogP contribution in [0.2, 0.25) is 0 Å². The van der Waals surface area contributed by atoms with Gasteiger partial charge in [0.05, 0.1) is 0 Å². The van der Waals surface area contributed by atoms with Crippen molar-refractivity contribution in [2.24, 2.45) is 0 Å². The van der Waals surface area contributed by atoms with Crippen molar-refractivity contribution in [1.29, 1.82) is 0 Å². The Hall–Kier alpha value is -0.780. The largest absolute Gasteiger partial charge is 0.0654 e. The summed E-state index contributed by atoms with van der Waals surface area (Å²) in [6.45, 7) is 6.90. The van der Waals surface area contributed by atoms with Crippen LogP contribution in [0.5, 0.6) is 0 Å². The molecule has 0 atom stereocenters. The first kappa shape index (κ1) is 20.3. The lowest BCUT2D eigenvalue weighted by Gasteiger charge is -2.15. The van der Waals surface area contributed by atoms with Crippen molar-refractivity contribution < 1.29 is 0 Å². The monoisotopic (exact) mass is 316 g/mol. The number of benzene rings is 1. The number of hydrogen-bond donors (Lipinski definition) is 0. The fraction of sp³-hybridized carbons (Fsp3) is 0.739. The minimum atomic E-state index is 1.28. The van der Waals surface area contributed by atoms with Crippen molar-refractivity contribution in [2.75, 3.05) is 0 Å². The van der Waals surface area contributed by atoms with Gasteiger partial charge < -0.3 is 0 Å². The van der Waals surface area contributed by atoms with E-state index in [1.165, 1.54) is 89.9 Å². The Bertz CT molecular complexity index is 391. The molecule has 0 N–H and O–H groups in total. The van der Waals surface area contributed by atoms with Gasteiger partial charge >= 0.3 is 0 Å². The number of aryl methyl sites for hydroxylation is 2. The lowest BCUT2D eigenvalue weighted by Crippen LogP contribution is -2.01. The molecule has 0 bridgehead atoms. The van der Waals surface area contributed by atoms with Gasteiger partial charge in [-0.05, 0) is 55.2 Å². The molecule has 0 nitrogen and oxygen atoms in total. The molecule has 0 heterocycles. The van der Waals surface area contributed by atoms with Crippen molar-refractivity contribution in [3.05, 3.63) is 34.9 Å². The zero-order valence-corrected chi connectivity index (χ0v) is 16.1. The molecule has 23 heavy (non-hydrogen) atoms. The summed E-state index contributed by atoms with van der Waals surface area (Å²) in [5.74, 6) is 0. The van der Waals surface area contributed by atoms with Crippen LogP contribution in [-0.4, -0.2) is 0 Å². The van der Waals surface area contributed by atoms with Crippen LogP contribution in [0, 0.1) is 0 Å². The average Bonchev–Trinajstić information content (AvgIpc) is 2.58. The highest BCUT2D eigenvalue weighted by Gasteiger charge is 2.08. The van der Waals surface area contributed by atoms with E-state index in [0.717, 1.165) is 0 Å². The highest BCUT2D eigenvalue weighted by molar-refractivity contribution is 5.36. The van der Waals surface area contributed by atoms with Gasteiger partial charge in [-0.15, -0.1) is 0 Å². The van der Waals surface area contributed by atoms with Gasteiger partial charge in [0.1, 0.15) is 0 Å². The average molecular weight is 317 g/mol. The summed E-state index contributed by atoms with van der Waals surface area (Å²) in [6.07, 6.45) is 19.0. The van der Waals surface area contributed by atoms with E-state index in [9.17, 15) is 0 Å². The van der Waals surface area contributed by atoms with Crippen molar-refractivity contribution in [3.63, 3.8) is 0 Å². The lowest BCUT2D eigenvalue weighted by atomic mass is 9.91. The molecule has 0 aliphatic rings. The maximum Gasteiger partial charge on any atom is -0.0274 e. The van der Waals surface area contributed by atoms with E-state index >= 15 is 0 Å². The second kappa shape index (κ2) is 13.6. The molecule has 0 radical (unpaired) electrons. The molecule has 0 heteroatoms. The summed E-state index contributed by atoms with van der Waals surface area (Å²) in [5, 5.41) is 0. The Labute approximate surface area is 146 Å². The van der Waals surface area contributed by atoms with Crippen molar-refractivity contribution >= 4 is 0 Å². The SMILES string of the molecule is CCCCCCCCCc1cccc(CCCC)c1CCCC. The van der Waals surface area contributed by atoms with Gasteiger partial charge in [0.15, 0.2) is 0 Å². The van der Waals surface area contributed by atoms with Crippen LogP contribution in [0.15, 0.2) is 18.2 Å². The quantitative estimate of drug-likeness (QED) is 0.309. The molecule has 1 rings (SSSR count). The van der Waals surface area contributed by atoms with Gasteiger partial charge in [-0.1, -0.05) is 90.3 Å². The smallest absolute Gasteiger partial charge is 0.0274 e.